The molecule has 0 spiro atoms. The first kappa shape index (κ1) is 15.6. The van der Waals surface area contributed by atoms with Crippen LogP contribution in [0.4, 0.5) is 0 Å². The third-order valence-corrected chi connectivity index (χ3v) is 5.14. The van der Waals surface area contributed by atoms with Crippen molar-refractivity contribution in [3.05, 3.63) is 81.8 Å². The molecule has 4 nitrogen and oxygen atoms in total. The lowest BCUT2D eigenvalue weighted by molar-refractivity contribution is 0.0717. The van der Waals surface area contributed by atoms with Crippen molar-refractivity contribution < 1.29 is 4.79 Å². The van der Waals surface area contributed by atoms with Crippen LogP contribution < -0.4 is 5.56 Å². The first-order valence-electron chi connectivity index (χ1n) is 8.61. The molecule has 25 heavy (non-hydrogen) atoms. The number of fused-ring (bicyclic) bond motifs is 2. The maximum Gasteiger partial charge on any atom is 0.254 e. The van der Waals surface area contributed by atoms with Crippen molar-refractivity contribution in [1.29, 1.82) is 0 Å². The van der Waals surface area contributed by atoms with Gasteiger partial charge in [0.15, 0.2) is 0 Å². The second-order valence-corrected chi connectivity index (χ2v) is 6.63. The number of hydrogen-bond donors (Lipinski definition) is 1. The molecule has 2 aromatic carbocycles. The fourth-order valence-corrected chi connectivity index (χ4v) is 3.84. The third-order valence-electron chi connectivity index (χ3n) is 5.14. The zero-order valence-corrected chi connectivity index (χ0v) is 14.2. The highest BCUT2D eigenvalue weighted by atomic mass is 16.2. The molecule has 1 atom stereocenters. The number of aromatic amines is 1. The molecule has 126 valence electrons. The Kier molecular flexibility index (Phi) is 3.88. The topological polar surface area (TPSA) is 53.2 Å². The van der Waals surface area contributed by atoms with E-state index in [1.165, 1.54) is 17.2 Å². The van der Waals surface area contributed by atoms with Crippen LogP contribution in [-0.2, 0) is 6.42 Å². The number of hydrogen-bond acceptors (Lipinski definition) is 2. The Morgan fingerprint density at radius 1 is 1.16 bits per heavy atom. The number of amides is 1. The molecule has 4 rings (SSSR count). The van der Waals surface area contributed by atoms with Gasteiger partial charge in [-0.25, -0.2) is 0 Å². The fourth-order valence-electron chi connectivity index (χ4n) is 3.84. The number of benzene rings is 2. The molecule has 1 unspecified atom stereocenters. The molecule has 0 fully saturated rings. The number of pyridine rings is 1. The van der Waals surface area contributed by atoms with Gasteiger partial charge in [-0.15, -0.1) is 0 Å². The first-order chi connectivity index (χ1) is 12.1. The fraction of sp³-hybridized carbons (Fsp3) is 0.238. The van der Waals surface area contributed by atoms with Gasteiger partial charge in [0.05, 0.1) is 6.04 Å². The number of carbonyl (C=O) groups excluding carboxylic acids is 1. The van der Waals surface area contributed by atoms with Gasteiger partial charge in [0.1, 0.15) is 0 Å². The summed E-state index contributed by atoms with van der Waals surface area (Å²) in [5.41, 5.74) is 3.05. The van der Waals surface area contributed by atoms with Gasteiger partial charge in [-0.3, -0.25) is 9.59 Å². The van der Waals surface area contributed by atoms with Gasteiger partial charge in [-0.2, -0.15) is 0 Å². The van der Waals surface area contributed by atoms with Crippen LogP contribution in [0, 0.1) is 0 Å². The number of aromatic nitrogens is 1. The van der Waals surface area contributed by atoms with Gasteiger partial charge in [-0.05, 0) is 41.8 Å². The summed E-state index contributed by atoms with van der Waals surface area (Å²) in [6, 6.07) is 15.5. The number of nitrogens with one attached hydrogen (secondary N) is 1. The van der Waals surface area contributed by atoms with E-state index in [-0.39, 0.29) is 17.5 Å². The molecular weight excluding hydrogens is 312 g/mol. The highest BCUT2D eigenvalue weighted by Gasteiger charge is 2.27. The summed E-state index contributed by atoms with van der Waals surface area (Å²) in [5.74, 6) is -0.0145. The van der Waals surface area contributed by atoms with Gasteiger partial charge in [0.25, 0.3) is 5.91 Å². The minimum Gasteiger partial charge on any atom is -0.335 e. The predicted molar refractivity (Wildman–Crippen MR) is 98.8 cm³/mol. The zero-order chi connectivity index (χ0) is 17.4. The van der Waals surface area contributed by atoms with E-state index in [1.807, 2.05) is 36.2 Å². The molecule has 4 heteroatoms. The van der Waals surface area contributed by atoms with Gasteiger partial charge in [0.2, 0.25) is 5.56 Å². The SMILES string of the molecule is CN(C(=O)c1cccc2cc(=O)[nH]cc12)C1CCCc2ccccc21. The summed E-state index contributed by atoms with van der Waals surface area (Å²) < 4.78 is 0. The third kappa shape index (κ3) is 2.74. The number of H-pyrrole nitrogens is 1. The normalized spacial score (nSPS) is 16.4. The molecule has 0 bridgehead atoms. The molecule has 1 aliphatic carbocycles. The number of nitrogens with zero attached hydrogens (tertiary/aromatic N) is 1. The summed E-state index contributed by atoms with van der Waals surface area (Å²) in [6.45, 7) is 0. The number of carbonyl (C=O) groups is 1. The Morgan fingerprint density at radius 3 is 2.88 bits per heavy atom. The van der Waals surface area contributed by atoms with E-state index in [0.717, 1.165) is 30.0 Å². The molecule has 1 aliphatic rings. The van der Waals surface area contributed by atoms with Crippen LogP contribution in [0.15, 0.2) is 59.5 Å². The van der Waals surface area contributed by atoms with E-state index in [4.69, 9.17) is 0 Å². The standard InChI is InChI=1S/C21H20N2O2/c1-23(19-11-5-7-14-6-2-3-9-16(14)19)21(25)17-10-4-8-15-12-20(24)22-13-18(15)17/h2-4,6,8-10,12-13,19H,5,7,11H2,1H3,(H,22,24). The Bertz CT molecular complexity index is 1010. The lowest BCUT2D eigenvalue weighted by Crippen LogP contribution is -2.33. The largest absolute Gasteiger partial charge is 0.335 e. The Labute approximate surface area is 146 Å². The van der Waals surface area contributed by atoms with E-state index >= 15 is 0 Å². The molecular formula is C21H20N2O2. The van der Waals surface area contributed by atoms with Crippen molar-refractivity contribution in [3.63, 3.8) is 0 Å². The summed E-state index contributed by atoms with van der Waals surface area (Å²) >= 11 is 0. The molecule has 1 amide bonds. The van der Waals surface area contributed by atoms with Crippen LogP contribution in [0.2, 0.25) is 0 Å². The maximum absolute atomic E-state index is 13.2. The average Bonchev–Trinajstić information content (AvgIpc) is 2.65. The average molecular weight is 332 g/mol. The van der Waals surface area contributed by atoms with E-state index in [2.05, 4.69) is 23.2 Å². The Morgan fingerprint density at radius 2 is 2.00 bits per heavy atom. The van der Waals surface area contributed by atoms with Crippen LogP contribution in [0.25, 0.3) is 10.8 Å². The number of aryl methyl sites for hydroxylation is 1. The summed E-state index contributed by atoms with van der Waals surface area (Å²) in [6.07, 6.45) is 4.76. The minimum absolute atomic E-state index is 0.0145. The van der Waals surface area contributed by atoms with Gasteiger partial charge >= 0.3 is 0 Å². The highest BCUT2D eigenvalue weighted by molar-refractivity contribution is 6.06. The smallest absolute Gasteiger partial charge is 0.254 e. The quantitative estimate of drug-likeness (QED) is 0.778. The molecule has 0 saturated heterocycles. The van der Waals surface area contributed by atoms with Crippen molar-refractivity contribution in [2.75, 3.05) is 7.05 Å². The summed E-state index contributed by atoms with van der Waals surface area (Å²) in [4.78, 5) is 29.2. The van der Waals surface area contributed by atoms with Crippen molar-refractivity contribution >= 4 is 16.7 Å². The van der Waals surface area contributed by atoms with Gasteiger partial charge in [0, 0.05) is 30.3 Å². The Hall–Kier alpha value is -2.88. The highest BCUT2D eigenvalue weighted by Crippen LogP contribution is 2.34. The summed E-state index contributed by atoms with van der Waals surface area (Å²) in [7, 11) is 1.87. The second-order valence-electron chi connectivity index (χ2n) is 6.63. The second kappa shape index (κ2) is 6.20. The van der Waals surface area contributed by atoms with Crippen molar-refractivity contribution in [1.82, 2.24) is 9.88 Å². The lowest BCUT2D eigenvalue weighted by Gasteiger charge is -2.33. The van der Waals surface area contributed by atoms with Crippen LogP contribution in [0.5, 0.6) is 0 Å². The van der Waals surface area contributed by atoms with Crippen LogP contribution in [0.1, 0.15) is 40.4 Å². The first-order valence-corrected chi connectivity index (χ1v) is 8.61. The van der Waals surface area contributed by atoms with E-state index in [9.17, 15) is 9.59 Å². The molecule has 0 radical (unpaired) electrons. The van der Waals surface area contributed by atoms with E-state index < -0.39 is 0 Å². The van der Waals surface area contributed by atoms with Crippen LogP contribution in [0.3, 0.4) is 0 Å². The molecule has 3 aromatic rings. The van der Waals surface area contributed by atoms with Crippen LogP contribution >= 0.6 is 0 Å². The number of rotatable bonds is 2. The van der Waals surface area contributed by atoms with E-state index in [0.29, 0.717) is 5.56 Å². The van der Waals surface area contributed by atoms with Crippen molar-refractivity contribution in [3.8, 4) is 0 Å². The van der Waals surface area contributed by atoms with Crippen molar-refractivity contribution in [2.45, 2.75) is 25.3 Å². The monoisotopic (exact) mass is 332 g/mol. The zero-order valence-electron chi connectivity index (χ0n) is 14.2. The Balaban J connectivity index is 1.74. The molecule has 1 aromatic heterocycles. The van der Waals surface area contributed by atoms with Crippen molar-refractivity contribution in [2.24, 2.45) is 0 Å². The minimum atomic E-state index is -0.160. The molecule has 0 saturated carbocycles. The van der Waals surface area contributed by atoms with E-state index in [1.54, 1.807) is 6.20 Å². The van der Waals surface area contributed by atoms with Crippen LogP contribution in [-0.4, -0.2) is 22.8 Å². The molecule has 1 N–H and O–H groups in total. The lowest BCUT2D eigenvalue weighted by atomic mass is 9.86. The van der Waals surface area contributed by atoms with Gasteiger partial charge < -0.3 is 9.88 Å². The summed E-state index contributed by atoms with van der Waals surface area (Å²) in [5, 5.41) is 1.56. The molecule has 0 aliphatic heterocycles. The maximum atomic E-state index is 13.2. The molecule has 1 heterocycles. The van der Waals surface area contributed by atoms with Gasteiger partial charge in [-0.1, -0.05) is 36.4 Å². The predicted octanol–water partition coefficient (Wildman–Crippen LogP) is 3.68.